The number of nitrogens with zero attached hydrogens (tertiary/aromatic N) is 3. The Morgan fingerprint density at radius 2 is 1.77 bits per heavy atom. The number of benzene rings is 3. The van der Waals surface area contributed by atoms with E-state index in [-0.39, 0.29) is 37.1 Å². The average Bonchev–Trinajstić information content (AvgIpc) is 3.22. The minimum Gasteiger partial charge on any atom is -0.453 e. The predicted octanol–water partition coefficient (Wildman–Crippen LogP) is 5.56. The van der Waals surface area contributed by atoms with Gasteiger partial charge in [-0.3, -0.25) is 21.0 Å². The van der Waals surface area contributed by atoms with Gasteiger partial charge in [-0.25, -0.2) is 4.98 Å². The van der Waals surface area contributed by atoms with Crippen molar-refractivity contribution in [2.45, 2.75) is 4.90 Å². The highest BCUT2D eigenvalue weighted by molar-refractivity contribution is 7.90. The summed E-state index contributed by atoms with van der Waals surface area (Å²) in [7, 11) is -4.19. The first-order valence-corrected chi connectivity index (χ1v) is 12.1. The molecule has 4 rings (SSSR count). The maximum Gasteiger partial charge on any atom is 0.283 e. The molecule has 0 amide bonds. The van der Waals surface area contributed by atoms with Gasteiger partial charge >= 0.3 is 0 Å². The van der Waals surface area contributed by atoms with Crippen molar-refractivity contribution in [3.05, 3.63) is 79.8 Å². The predicted molar refractivity (Wildman–Crippen MR) is 133 cm³/mol. The number of hydrazine groups is 1. The number of para-hydroxylation sites is 2. The standard InChI is InChI=1S/C20H13Cl3N6O5S/c21-13-7-11(29(30)31)5-6-18(13)34-19-14(22)8-12(9-15(19)23)35(32,33)25-10-24-28-20-26-16-3-1-2-4-17(16)27-20/h1-10H,(H,24,25)(H2,26,27,28). The Balaban J connectivity index is 1.47. The van der Waals surface area contributed by atoms with E-state index in [2.05, 4.69) is 25.2 Å². The molecule has 3 aromatic carbocycles. The molecule has 180 valence electrons. The molecular weight excluding hydrogens is 543 g/mol. The molecule has 0 spiro atoms. The number of sulfonamides is 1. The number of ether oxygens (including phenoxy) is 1. The fourth-order valence-electron chi connectivity index (χ4n) is 2.85. The zero-order valence-corrected chi connectivity index (χ0v) is 20.3. The van der Waals surface area contributed by atoms with Crippen molar-refractivity contribution < 1.29 is 18.1 Å². The summed E-state index contributed by atoms with van der Waals surface area (Å²) in [5.74, 6) is 0.305. The van der Waals surface area contributed by atoms with Crippen molar-refractivity contribution >= 4 is 73.8 Å². The number of halogens is 3. The molecular formula is C20H13Cl3N6O5S. The van der Waals surface area contributed by atoms with E-state index in [9.17, 15) is 18.5 Å². The molecule has 0 aliphatic carbocycles. The average molecular weight is 556 g/mol. The fraction of sp³-hybridized carbons (Fsp3) is 0. The maximum atomic E-state index is 12.6. The van der Waals surface area contributed by atoms with Crippen molar-refractivity contribution in [2.24, 2.45) is 4.40 Å². The number of H-pyrrole nitrogens is 1. The van der Waals surface area contributed by atoms with E-state index in [4.69, 9.17) is 39.5 Å². The molecule has 0 unspecified atom stereocenters. The van der Waals surface area contributed by atoms with Gasteiger partial charge in [-0.1, -0.05) is 46.9 Å². The zero-order chi connectivity index (χ0) is 25.2. The number of imidazole rings is 1. The minimum absolute atomic E-state index is 0.0376. The number of non-ortho nitro benzene ring substituents is 1. The number of anilines is 1. The second kappa shape index (κ2) is 9.96. The Hall–Kier alpha value is -3.58. The van der Waals surface area contributed by atoms with Crippen LogP contribution in [-0.4, -0.2) is 29.6 Å². The van der Waals surface area contributed by atoms with Gasteiger partial charge in [-0.05, 0) is 30.3 Å². The molecule has 0 aliphatic heterocycles. The van der Waals surface area contributed by atoms with E-state index in [1.807, 2.05) is 24.3 Å². The second-order valence-corrected chi connectivity index (χ2v) is 9.63. The highest BCUT2D eigenvalue weighted by Gasteiger charge is 2.20. The molecule has 0 aliphatic rings. The number of nitro benzene ring substituents is 1. The summed E-state index contributed by atoms with van der Waals surface area (Å²) in [5, 5.41) is 10.5. The van der Waals surface area contributed by atoms with E-state index in [1.54, 1.807) is 0 Å². The Labute approximate surface area is 212 Å². The second-order valence-electron chi connectivity index (χ2n) is 6.77. The molecule has 15 heteroatoms. The van der Waals surface area contributed by atoms with Crippen LogP contribution in [0.5, 0.6) is 11.5 Å². The summed E-state index contributed by atoms with van der Waals surface area (Å²) in [5.41, 5.74) is 6.47. The normalized spacial score (nSPS) is 11.6. The van der Waals surface area contributed by atoms with Gasteiger partial charge in [0.05, 0.1) is 35.9 Å². The Morgan fingerprint density at radius 1 is 1.06 bits per heavy atom. The van der Waals surface area contributed by atoms with E-state index in [1.165, 1.54) is 12.1 Å². The van der Waals surface area contributed by atoms with Crippen LogP contribution >= 0.6 is 34.8 Å². The van der Waals surface area contributed by atoms with Gasteiger partial charge in [0.2, 0.25) is 5.95 Å². The van der Waals surface area contributed by atoms with Gasteiger partial charge < -0.3 is 9.72 Å². The van der Waals surface area contributed by atoms with Crippen molar-refractivity contribution in [3.63, 3.8) is 0 Å². The number of hydrogen-bond donors (Lipinski definition) is 3. The summed E-state index contributed by atoms with van der Waals surface area (Å²) in [6.45, 7) is 0. The van der Waals surface area contributed by atoms with Gasteiger partial charge in [0, 0.05) is 12.1 Å². The van der Waals surface area contributed by atoms with E-state index in [0.717, 1.165) is 35.6 Å². The molecule has 0 atom stereocenters. The van der Waals surface area contributed by atoms with Crippen molar-refractivity contribution in [3.8, 4) is 11.5 Å². The third-order valence-electron chi connectivity index (χ3n) is 4.44. The van der Waals surface area contributed by atoms with Crippen molar-refractivity contribution in [1.29, 1.82) is 0 Å². The number of aromatic amines is 1. The third-order valence-corrected chi connectivity index (χ3v) is 6.52. The molecule has 0 radical (unpaired) electrons. The highest BCUT2D eigenvalue weighted by atomic mass is 35.5. The van der Waals surface area contributed by atoms with Gasteiger partial charge in [-0.15, -0.1) is 4.40 Å². The largest absolute Gasteiger partial charge is 0.453 e. The van der Waals surface area contributed by atoms with Crippen LogP contribution in [0.4, 0.5) is 11.6 Å². The number of rotatable bonds is 8. The highest BCUT2D eigenvalue weighted by Crippen LogP contribution is 2.41. The lowest BCUT2D eigenvalue weighted by Crippen LogP contribution is -2.21. The smallest absolute Gasteiger partial charge is 0.283 e. The van der Waals surface area contributed by atoms with Gasteiger partial charge in [0.15, 0.2) is 5.75 Å². The van der Waals surface area contributed by atoms with Crippen LogP contribution in [-0.2, 0) is 10.0 Å². The van der Waals surface area contributed by atoms with E-state index < -0.39 is 14.9 Å². The number of fused-ring (bicyclic) bond motifs is 1. The summed E-state index contributed by atoms with van der Waals surface area (Å²) >= 11 is 18.4. The topological polar surface area (TPSA) is 152 Å². The summed E-state index contributed by atoms with van der Waals surface area (Å²) in [4.78, 5) is 17.2. The molecule has 0 fully saturated rings. The van der Waals surface area contributed by atoms with Crippen LogP contribution in [0.2, 0.25) is 15.1 Å². The first kappa shape index (κ1) is 24.5. The van der Waals surface area contributed by atoms with Crippen LogP contribution in [0.1, 0.15) is 0 Å². The monoisotopic (exact) mass is 554 g/mol. The molecule has 3 N–H and O–H groups in total. The summed E-state index contributed by atoms with van der Waals surface area (Å²) in [6.07, 6.45) is 0.922. The summed E-state index contributed by atoms with van der Waals surface area (Å²) < 4.78 is 34.2. The number of hydrogen-bond acceptors (Lipinski definition) is 7. The van der Waals surface area contributed by atoms with Gasteiger partial charge in [0.25, 0.3) is 15.7 Å². The molecule has 1 aromatic heterocycles. The minimum atomic E-state index is -4.19. The maximum absolute atomic E-state index is 12.6. The molecule has 0 saturated carbocycles. The molecule has 0 bridgehead atoms. The van der Waals surface area contributed by atoms with Crippen LogP contribution in [0.25, 0.3) is 11.0 Å². The van der Waals surface area contributed by atoms with E-state index in [0.29, 0.717) is 5.95 Å². The quantitative estimate of drug-likeness (QED) is 0.111. The first-order valence-electron chi connectivity index (χ1n) is 9.50. The molecule has 0 saturated heterocycles. The molecule has 35 heavy (non-hydrogen) atoms. The number of nitrogens with one attached hydrogen (secondary N) is 3. The van der Waals surface area contributed by atoms with Crippen LogP contribution < -0.4 is 15.6 Å². The Bertz CT molecular complexity index is 1520. The number of nitro groups is 1. The van der Waals surface area contributed by atoms with Crippen LogP contribution in [0.3, 0.4) is 0 Å². The lowest BCUT2D eigenvalue weighted by molar-refractivity contribution is -0.384. The van der Waals surface area contributed by atoms with Crippen LogP contribution in [0.15, 0.2) is 63.9 Å². The van der Waals surface area contributed by atoms with Crippen molar-refractivity contribution in [1.82, 2.24) is 15.4 Å². The SMILES string of the molecule is O=[N+]([O-])c1ccc(Oc2c(Cl)cc(S(=O)(=O)N=CNNc3nc4ccccc4[nH]3)cc2Cl)c(Cl)c1. The van der Waals surface area contributed by atoms with Gasteiger partial charge in [0.1, 0.15) is 12.1 Å². The fourth-order valence-corrected chi connectivity index (χ4v) is 4.60. The summed E-state index contributed by atoms with van der Waals surface area (Å²) in [6, 6.07) is 13.1. The Morgan fingerprint density at radius 3 is 2.43 bits per heavy atom. The molecule has 1 heterocycles. The first-order chi connectivity index (χ1) is 16.6. The van der Waals surface area contributed by atoms with E-state index >= 15 is 0 Å². The lowest BCUT2D eigenvalue weighted by Gasteiger charge is -2.12. The Kier molecular flexibility index (Phi) is 6.98. The third kappa shape index (κ3) is 5.57. The molecule has 11 nitrogen and oxygen atoms in total. The lowest BCUT2D eigenvalue weighted by atomic mass is 10.3. The van der Waals surface area contributed by atoms with Gasteiger partial charge in [-0.2, -0.15) is 8.42 Å². The van der Waals surface area contributed by atoms with Crippen molar-refractivity contribution in [2.75, 3.05) is 5.43 Å². The zero-order valence-electron chi connectivity index (χ0n) is 17.2. The molecule has 4 aromatic rings. The van der Waals surface area contributed by atoms with Crippen LogP contribution in [0, 0.1) is 10.1 Å². The number of aromatic nitrogens is 2.